The molecular weight excluding hydrogens is 268 g/mol. The fourth-order valence-electron chi connectivity index (χ4n) is 3.93. The minimum Gasteiger partial charge on any atom is -0.493 e. The summed E-state index contributed by atoms with van der Waals surface area (Å²) in [6.07, 6.45) is 5.41. The van der Waals surface area contributed by atoms with Crippen LogP contribution in [0.3, 0.4) is 0 Å². The van der Waals surface area contributed by atoms with Gasteiger partial charge in [-0.05, 0) is 50.1 Å². The van der Waals surface area contributed by atoms with Gasteiger partial charge < -0.3 is 10.1 Å². The molecule has 0 spiro atoms. The molecule has 2 aliphatic rings. The molecule has 2 fully saturated rings. The van der Waals surface area contributed by atoms with Crippen molar-refractivity contribution in [1.82, 2.24) is 5.32 Å². The highest BCUT2D eigenvalue weighted by atomic mass is 16.6. The molecule has 0 saturated heterocycles. The second-order valence-corrected chi connectivity index (χ2v) is 6.33. The van der Waals surface area contributed by atoms with E-state index in [1.165, 1.54) is 31.7 Å². The SMILES string of the molecule is CNCc1cc([N+](=O)[O-])ccc1OCC1CC2CCC1C2. The molecule has 0 heterocycles. The normalized spacial score (nSPS) is 27.0. The van der Waals surface area contributed by atoms with E-state index in [1.54, 1.807) is 12.1 Å². The number of benzene rings is 1. The molecule has 5 heteroatoms. The Hall–Kier alpha value is -1.62. The first-order chi connectivity index (χ1) is 10.2. The van der Waals surface area contributed by atoms with Crippen LogP contribution in [0.5, 0.6) is 5.75 Å². The maximum absolute atomic E-state index is 10.9. The first-order valence-electron chi connectivity index (χ1n) is 7.72. The third-order valence-electron chi connectivity index (χ3n) is 4.96. The summed E-state index contributed by atoms with van der Waals surface area (Å²) < 4.78 is 6.00. The summed E-state index contributed by atoms with van der Waals surface area (Å²) in [5, 5.41) is 13.9. The summed E-state index contributed by atoms with van der Waals surface area (Å²) in [5.41, 5.74) is 0.974. The number of nitro benzene ring substituents is 1. The maximum Gasteiger partial charge on any atom is 0.270 e. The molecule has 2 saturated carbocycles. The number of non-ortho nitro benzene ring substituents is 1. The standard InChI is InChI=1S/C16H22N2O3/c1-17-9-13-8-15(18(19)20)4-5-16(13)21-10-14-7-11-2-3-12(14)6-11/h4-5,8,11-12,14,17H,2-3,6-7,9-10H2,1H3. The van der Waals surface area contributed by atoms with Crippen LogP contribution in [0.15, 0.2) is 18.2 Å². The van der Waals surface area contributed by atoms with Crippen molar-refractivity contribution >= 4 is 5.69 Å². The number of fused-ring (bicyclic) bond motifs is 2. The molecule has 5 nitrogen and oxygen atoms in total. The summed E-state index contributed by atoms with van der Waals surface area (Å²) in [6.45, 7) is 1.32. The van der Waals surface area contributed by atoms with Crippen LogP contribution in [0.25, 0.3) is 0 Å². The van der Waals surface area contributed by atoms with E-state index in [1.807, 2.05) is 7.05 Å². The van der Waals surface area contributed by atoms with Gasteiger partial charge >= 0.3 is 0 Å². The van der Waals surface area contributed by atoms with Crippen molar-refractivity contribution in [3.63, 3.8) is 0 Å². The van der Waals surface area contributed by atoms with Gasteiger partial charge in [0.25, 0.3) is 5.69 Å². The van der Waals surface area contributed by atoms with Crippen LogP contribution >= 0.6 is 0 Å². The molecule has 21 heavy (non-hydrogen) atoms. The van der Waals surface area contributed by atoms with Gasteiger partial charge in [-0.25, -0.2) is 0 Å². The van der Waals surface area contributed by atoms with Crippen LogP contribution < -0.4 is 10.1 Å². The topological polar surface area (TPSA) is 64.4 Å². The number of nitro groups is 1. The van der Waals surface area contributed by atoms with Gasteiger partial charge in [0.05, 0.1) is 11.5 Å². The number of nitrogens with zero attached hydrogens (tertiary/aromatic N) is 1. The fourth-order valence-corrected chi connectivity index (χ4v) is 3.93. The van der Waals surface area contributed by atoms with Gasteiger partial charge in [-0.2, -0.15) is 0 Å². The number of rotatable bonds is 6. The van der Waals surface area contributed by atoms with Crippen molar-refractivity contribution < 1.29 is 9.66 Å². The summed E-state index contributed by atoms with van der Waals surface area (Å²) in [4.78, 5) is 10.5. The zero-order chi connectivity index (χ0) is 14.8. The van der Waals surface area contributed by atoms with Crippen molar-refractivity contribution in [2.24, 2.45) is 17.8 Å². The highest BCUT2D eigenvalue weighted by Gasteiger charge is 2.39. The minimum absolute atomic E-state index is 0.118. The van der Waals surface area contributed by atoms with Crippen LogP contribution in [-0.2, 0) is 6.54 Å². The molecule has 3 unspecified atom stereocenters. The average Bonchev–Trinajstić information content (AvgIpc) is 3.08. The van der Waals surface area contributed by atoms with E-state index in [0.29, 0.717) is 12.5 Å². The second-order valence-electron chi connectivity index (χ2n) is 6.33. The van der Waals surface area contributed by atoms with Crippen molar-refractivity contribution in [2.45, 2.75) is 32.2 Å². The quantitative estimate of drug-likeness (QED) is 0.646. The Morgan fingerprint density at radius 2 is 2.24 bits per heavy atom. The Kier molecular flexibility index (Phi) is 4.10. The Labute approximate surface area is 124 Å². The zero-order valence-electron chi connectivity index (χ0n) is 12.4. The van der Waals surface area contributed by atoms with Gasteiger partial charge in [-0.3, -0.25) is 10.1 Å². The fraction of sp³-hybridized carbons (Fsp3) is 0.625. The highest BCUT2D eigenvalue weighted by molar-refractivity contribution is 5.43. The van der Waals surface area contributed by atoms with E-state index >= 15 is 0 Å². The summed E-state index contributed by atoms with van der Waals surface area (Å²) in [7, 11) is 1.83. The molecule has 0 amide bonds. The second kappa shape index (κ2) is 6.02. The van der Waals surface area contributed by atoms with E-state index in [-0.39, 0.29) is 10.6 Å². The number of nitrogens with one attached hydrogen (secondary N) is 1. The summed E-state index contributed by atoms with van der Waals surface area (Å²) in [5.74, 6) is 3.19. The Balaban J connectivity index is 1.67. The van der Waals surface area contributed by atoms with Gasteiger partial charge in [-0.15, -0.1) is 0 Å². The molecule has 1 aromatic carbocycles. The van der Waals surface area contributed by atoms with Gasteiger partial charge in [0.15, 0.2) is 0 Å². The van der Waals surface area contributed by atoms with Crippen molar-refractivity contribution in [3.05, 3.63) is 33.9 Å². The van der Waals surface area contributed by atoms with Crippen LogP contribution in [0.2, 0.25) is 0 Å². The molecule has 2 aliphatic carbocycles. The number of hydrogen-bond donors (Lipinski definition) is 1. The number of hydrogen-bond acceptors (Lipinski definition) is 4. The first kappa shape index (κ1) is 14.3. The van der Waals surface area contributed by atoms with Crippen LogP contribution in [0.1, 0.15) is 31.2 Å². The van der Waals surface area contributed by atoms with Gasteiger partial charge in [0.1, 0.15) is 5.75 Å². The summed E-state index contributed by atoms with van der Waals surface area (Å²) in [6, 6.07) is 4.86. The Morgan fingerprint density at radius 1 is 1.38 bits per heavy atom. The molecular formula is C16H22N2O3. The van der Waals surface area contributed by atoms with Gasteiger partial charge in [-0.1, -0.05) is 6.42 Å². The molecule has 2 bridgehead atoms. The lowest BCUT2D eigenvalue weighted by Crippen LogP contribution is -2.19. The lowest BCUT2D eigenvalue weighted by molar-refractivity contribution is -0.384. The van der Waals surface area contributed by atoms with Crippen molar-refractivity contribution in [3.8, 4) is 5.75 Å². The summed E-state index contributed by atoms with van der Waals surface area (Å²) >= 11 is 0. The largest absolute Gasteiger partial charge is 0.493 e. The van der Waals surface area contributed by atoms with E-state index < -0.39 is 0 Å². The maximum atomic E-state index is 10.9. The lowest BCUT2D eigenvalue weighted by atomic mass is 9.89. The van der Waals surface area contributed by atoms with Gasteiger partial charge in [0.2, 0.25) is 0 Å². The monoisotopic (exact) mass is 290 g/mol. The van der Waals surface area contributed by atoms with Crippen LogP contribution in [-0.4, -0.2) is 18.6 Å². The molecule has 3 atom stereocenters. The van der Waals surface area contributed by atoms with Crippen molar-refractivity contribution in [2.75, 3.05) is 13.7 Å². The molecule has 0 aromatic heterocycles. The Morgan fingerprint density at radius 3 is 2.86 bits per heavy atom. The van der Waals surface area contributed by atoms with Crippen LogP contribution in [0, 0.1) is 27.9 Å². The zero-order valence-corrected chi connectivity index (χ0v) is 12.4. The molecule has 1 aromatic rings. The molecule has 3 rings (SSSR count). The predicted molar refractivity (Wildman–Crippen MR) is 80.3 cm³/mol. The molecule has 0 aliphatic heterocycles. The van der Waals surface area contributed by atoms with Crippen LogP contribution in [0.4, 0.5) is 5.69 Å². The van der Waals surface area contributed by atoms with E-state index in [0.717, 1.165) is 29.8 Å². The average molecular weight is 290 g/mol. The predicted octanol–water partition coefficient (Wildman–Crippen LogP) is 3.13. The van der Waals surface area contributed by atoms with E-state index in [9.17, 15) is 10.1 Å². The first-order valence-corrected chi connectivity index (χ1v) is 7.72. The smallest absolute Gasteiger partial charge is 0.270 e. The molecule has 0 radical (unpaired) electrons. The Bertz CT molecular complexity index is 532. The third kappa shape index (κ3) is 3.02. The van der Waals surface area contributed by atoms with E-state index in [4.69, 9.17) is 4.74 Å². The molecule has 114 valence electrons. The van der Waals surface area contributed by atoms with Gasteiger partial charge in [0, 0.05) is 24.2 Å². The molecule has 1 N–H and O–H groups in total. The highest BCUT2D eigenvalue weighted by Crippen LogP contribution is 2.48. The number of ether oxygens (including phenoxy) is 1. The lowest BCUT2D eigenvalue weighted by Gasteiger charge is -2.22. The minimum atomic E-state index is -0.362. The van der Waals surface area contributed by atoms with E-state index in [2.05, 4.69) is 5.32 Å². The van der Waals surface area contributed by atoms with Crippen molar-refractivity contribution in [1.29, 1.82) is 0 Å². The third-order valence-corrected chi connectivity index (χ3v) is 4.96.